The van der Waals surface area contributed by atoms with Gasteiger partial charge < -0.3 is 25.3 Å². The summed E-state index contributed by atoms with van der Waals surface area (Å²) in [6.45, 7) is 4.54. The van der Waals surface area contributed by atoms with Crippen molar-refractivity contribution in [2.75, 3.05) is 19.7 Å². The number of hydrogen-bond donors (Lipinski definition) is 2. The molecular weight excluding hydrogens is 238 g/mol. The van der Waals surface area contributed by atoms with Gasteiger partial charge in [-0.1, -0.05) is 6.92 Å². The molecule has 0 aliphatic rings. The smallest absolute Gasteiger partial charge is 0.406 e. The maximum Gasteiger partial charge on any atom is 0.406 e. The molecule has 1 unspecified atom stereocenters. The molecule has 0 fully saturated rings. The fourth-order valence-corrected chi connectivity index (χ4v) is 1.31. The molecule has 18 heavy (non-hydrogen) atoms. The number of pyridine rings is 1. The third-order valence-corrected chi connectivity index (χ3v) is 2.22. The summed E-state index contributed by atoms with van der Waals surface area (Å²) in [7, 11) is 0. The van der Waals surface area contributed by atoms with Crippen LogP contribution in [-0.2, 0) is 0 Å². The molecule has 0 aromatic carbocycles. The van der Waals surface area contributed by atoms with Crippen molar-refractivity contribution in [2.24, 2.45) is 0 Å². The van der Waals surface area contributed by atoms with E-state index in [2.05, 4.69) is 10.3 Å². The first-order valence-corrected chi connectivity index (χ1v) is 5.61. The molecule has 0 aliphatic heterocycles. The second kappa shape index (κ2) is 6.27. The van der Waals surface area contributed by atoms with Crippen LogP contribution in [-0.4, -0.2) is 40.3 Å². The van der Waals surface area contributed by atoms with E-state index in [0.717, 1.165) is 6.54 Å². The Labute approximate surface area is 105 Å². The molecule has 0 bridgehead atoms. The fourth-order valence-electron chi connectivity index (χ4n) is 1.31. The molecule has 1 heterocycles. The molecule has 7 heteroatoms. The molecule has 0 aliphatic carbocycles. The van der Waals surface area contributed by atoms with Crippen molar-refractivity contribution in [3.05, 3.63) is 28.4 Å². The second-order valence-electron chi connectivity index (χ2n) is 4.15. The molecule has 1 atom stereocenters. The van der Waals surface area contributed by atoms with Crippen LogP contribution >= 0.6 is 0 Å². The molecule has 7 nitrogen and oxygen atoms in total. The van der Waals surface area contributed by atoms with E-state index in [1.165, 1.54) is 12.3 Å². The van der Waals surface area contributed by atoms with Gasteiger partial charge in [0.25, 0.3) is 0 Å². The van der Waals surface area contributed by atoms with Crippen molar-refractivity contribution in [1.29, 1.82) is 0 Å². The van der Waals surface area contributed by atoms with Crippen LogP contribution in [0.25, 0.3) is 0 Å². The van der Waals surface area contributed by atoms with Gasteiger partial charge >= 0.3 is 5.82 Å². The van der Waals surface area contributed by atoms with Gasteiger partial charge in [0, 0.05) is 6.54 Å². The number of likely N-dealkylation sites (N-methyl/N-ethyl adjacent to an activating group) is 1. The van der Waals surface area contributed by atoms with Crippen molar-refractivity contribution in [3.8, 4) is 5.75 Å². The number of aliphatic hydroxyl groups is 1. The Kier molecular flexibility index (Phi) is 4.99. The lowest BCUT2D eigenvalue weighted by molar-refractivity contribution is -0.390. The van der Waals surface area contributed by atoms with E-state index in [1.807, 2.05) is 6.92 Å². The van der Waals surface area contributed by atoms with Crippen LogP contribution in [0.1, 0.15) is 13.8 Å². The van der Waals surface area contributed by atoms with Gasteiger partial charge in [0.05, 0.1) is 0 Å². The minimum Gasteiger partial charge on any atom is -0.483 e. The van der Waals surface area contributed by atoms with Gasteiger partial charge in [-0.3, -0.25) is 0 Å². The number of nitro groups is 1. The predicted octanol–water partition coefficient (Wildman–Crippen LogP) is 0.729. The fraction of sp³-hybridized carbons (Fsp3) is 0.545. The topological polar surface area (TPSA) is 97.5 Å². The van der Waals surface area contributed by atoms with Crippen LogP contribution in [0.15, 0.2) is 18.3 Å². The van der Waals surface area contributed by atoms with E-state index in [0.29, 0.717) is 6.54 Å². The highest BCUT2D eigenvalue weighted by Gasteiger charge is 2.23. The van der Waals surface area contributed by atoms with Crippen LogP contribution in [0.3, 0.4) is 0 Å². The number of rotatable bonds is 7. The largest absolute Gasteiger partial charge is 0.483 e. The molecule has 1 aromatic heterocycles. The molecule has 100 valence electrons. The lowest BCUT2D eigenvalue weighted by Gasteiger charge is -2.23. The number of aromatic nitrogens is 1. The summed E-state index contributed by atoms with van der Waals surface area (Å²) in [5.41, 5.74) is -1.10. The average molecular weight is 255 g/mol. The number of nitrogens with zero attached hydrogens (tertiary/aromatic N) is 2. The van der Waals surface area contributed by atoms with E-state index in [4.69, 9.17) is 4.74 Å². The third kappa shape index (κ3) is 4.27. The zero-order valence-corrected chi connectivity index (χ0v) is 10.4. The number of nitrogens with one attached hydrogen (secondary N) is 1. The maximum absolute atomic E-state index is 10.7. The quantitative estimate of drug-likeness (QED) is 0.550. The molecule has 0 radical (unpaired) electrons. The molecule has 1 rings (SSSR count). The molecular formula is C11H17N3O4. The Morgan fingerprint density at radius 1 is 1.67 bits per heavy atom. The summed E-state index contributed by atoms with van der Waals surface area (Å²) in [4.78, 5) is 13.7. The van der Waals surface area contributed by atoms with Crippen molar-refractivity contribution in [2.45, 2.75) is 19.4 Å². The van der Waals surface area contributed by atoms with Crippen molar-refractivity contribution >= 4 is 5.82 Å². The SMILES string of the molecule is CCNCC(C)(O)COc1cccnc1[N+](=O)[O-]. The van der Waals surface area contributed by atoms with Gasteiger partial charge in [-0.2, -0.15) is 0 Å². The van der Waals surface area contributed by atoms with E-state index in [1.54, 1.807) is 13.0 Å². The molecule has 2 N–H and O–H groups in total. The minimum atomic E-state index is -1.10. The van der Waals surface area contributed by atoms with Gasteiger partial charge in [0.1, 0.15) is 18.4 Å². The van der Waals surface area contributed by atoms with Crippen LogP contribution in [0, 0.1) is 10.1 Å². The Hall–Kier alpha value is -1.73. The molecule has 0 spiro atoms. The Balaban J connectivity index is 2.65. The molecule has 0 saturated heterocycles. The highest BCUT2D eigenvalue weighted by Crippen LogP contribution is 2.23. The van der Waals surface area contributed by atoms with Crippen LogP contribution < -0.4 is 10.1 Å². The first kappa shape index (κ1) is 14.3. The van der Waals surface area contributed by atoms with Crippen LogP contribution in [0.2, 0.25) is 0 Å². The van der Waals surface area contributed by atoms with Gasteiger partial charge in [0.2, 0.25) is 5.75 Å². The Morgan fingerprint density at radius 3 is 3.00 bits per heavy atom. The zero-order chi connectivity index (χ0) is 13.6. The van der Waals surface area contributed by atoms with Crippen molar-refractivity contribution in [3.63, 3.8) is 0 Å². The Morgan fingerprint density at radius 2 is 2.39 bits per heavy atom. The van der Waals surface area contributed by atoms with E-state index >= 15 is 0 Å². The summed E-state index contributed by atoms with van der Waals surface area (Å²) >= 11 is 0. The molecule has 0 amide bonds. The third-order valence-electron chi connectivity index (χ3n) is 2.22. The monoisotopic (exact) mass is 255 g/mol. The maximum atomic E-state index is 10.7. The van der Waals surface area contributed by atoms with Gasteiger partial charge in [-0.05, 0) is 35.5 Å². The van der Waals surface area contributed by atoms with Gasteiger partial charge in [-0.15, -0.1) is 0 Å². The second-order valence-corrected chi connectivity index (χ2v) is 4.15. The molecule has 0 saturated carbocycles. The highest BCUT2D eigenvalue weighted by atomic mass is 16.6. The normalized spacial score (nSPS) is 13.9. The van der Waals surface area contributed by atoms with Gasteiger partial charge in [0.15, 0.2) is 0 Å². The number of ether oxygens (including phenoxy) is 1. The summed E-state index contributed by atoms with van der Waals surface area (Å²) in [6, 6.07) is 3.00. The van der Waals surface area contributed by atoms with E-state index in [9.17, 15) is 15.2 Å². The van der Waals surface area contributed by atoms with Crippen molar-refractivity contribution < 1.29 is 14.8 Å². The summed E-state index contributed by atoms with van der Waals surface area (Å²) < 4.78 is 5.27. The first-order chi connectivity index (χ1) is 8.46. The zero-order valence-electron chi connectivity index (χ0n) is 10.4. The minimum absolute atomic E-state index is 0.0491. The standard InChI is InChI=1S/C11H17N3O4/c1-3-12-7-11(2,15)8-18-9-5-4-6-13-10(9)14(16)17/h4-6,12,15H,3,7-8H2,1-2H3. The predicted molar refractivity (Wildman–Crippen MR) is 65.6 cm³/mol. The number of hydrogen-bond acceptors (Lipinski definition) is 6. The lowest BCUT2D eigenvalue weighted by atomic mass is 10.1. The van der Waals surface area contributed by atoms with E-state index in [-0.39, 0.29) is 18.2 Å². The first-order valence-electron chi connectivity index (χ1n) is 5.61. The van der Waals surface area contributed by atoms with Crippen molar-refractivity contribution in [1.82, 2.24) is 10.3 Å². The summed E-state index contributed by atoms with van der Waals surface area (Å²) in [6.07, 6.45) is 1.32. The average Bonchev–Trinajstić information content (AvgIpc) is 2.34. The van der Waals surface area contributed by atoms with E-state index < -0.39 is 10.5 Å². The van der Waals surface area contributed by atoms with Crippen LogP contribution in [0.5, 0.6) is 5.75 Å². The highest BCUT2D eigenvalue weighted by molar-refractivity contribution is 5.38. The molecule has 1 aromatic rings. The summed E-state index contributed by atoms with van der Waals surface area (Å²) in [5, 5.41) is 23.6. The van der Waals surface area contributed by atoms with Crippen LogP contribution in [0.4, 0.5) is 5.82 Å². The summed E-state index contributed by atoms with van der Waals surface area (Å²) in [5.74, 6) is -0.295. The van der Waals surface area contributed by atoms with Gasteiger partial charge in [-0.25, -0.2) is 0 Å². The Bertz CT molecular complexity index is 409. The lowest BCUT2D eigenvalue weighted by Crippen LogP contribution is -2.42.